The van der Waals surface area contributed by atoms with Crippen molar-refractivity contribution in [2.75, 3.05) is 7.05 Å². The van der Waals surface area contributed by atoms with E-state index < -0.39 is 0 Å². The van der Waals surface area contributed by atoms with Crippen LogP contribution in [0.25, 0.3) is 71.6 Å². The topological polar surface area (TPSA) is 19.1 Å². The molecule has 0 bridgehead atoms. The summed E-state index contributed by atoms with van der Waals surface area (Å²) in [7, 11) is 2.27. The molecule has 8 aromatic carbocycles. The number of rotatable bonds is 6. The highest BCUT2D eigenvalue weighted by molar-refractivity contribution is 6.11. The van der Waals surface area contributed by atoms with Gasteiger partial charge in [-0.15, -0.1) is 0 Å². The first-order chi connectivity index (χ1) is 28.2. The Morgan fingerprint density at radius 1 is 0.351 bits per heavy atom. The number of hydrazine groups is 1. The Morgan fingerprint density at radius 3 is 1.49 bits per heavy atom. The maximum Gasteiger partial charge on any atom is 0.160 e. The Labute approximate surface area is 331 Å². The zero-order valence-electron chi connectivity index (χ0n) is 31.5. The predicted molar refractivity (Wildman–Crippen MR) is 233 cm³/mol. The molecule has 0 amide bonds. The van der Waals surface area contributed by atoms with Gasteiger partial charge < -0.3 is 9.13 Å². The van der Waals surface area contributed by atoms with Crippen LogP contribution < -0.4 is 0 Å². The minimum Gasteiger partial charge on any atom is -0.310 e. The number of nitrogens with zero attached hydrogens (tertiary/aromatic N) is 5. The van der Waals surface area contributed by atoms with Crippen LogP contribution in [0.2, 0.25) is 0 Å². The Balaban J connectivity index is 0.960. The minimum absolute atomic E-state index is 0.000236. The Bertz CT molecular complexity index is 3130. The van der Waals surface area contributed by atoms with Crippen molar-refractivity contribution in [1.29, 1.82) is 0 Å². The van der Waals surface area contributed by atoms with Gasteiger partial charge in [0.25, 0.3) is 0 Å². The van der Waals surface area contributed by atoms with E-state index in [4.69, 9.17) is 0 Å². The molecular formula is C52H39N5. The van der Waals surface area contributed by atoms with Crippen LogP contribution in [0.3, 0.4) is 0 Å². The summed E-state index contributed by atoms with van der Waals surface area (Å²) in [5.41, 5.74) is 13.6. The maximum absolute atomic E-state index is 2.56. The fourth-order valence-electron chi connectivity index (χ4n) is 9.76. The van der Waals surface area contributed by atoms with Gasteiger partial charge in [-0.3, -0.25) is 4.90 Å². The molecule has 0 aliphatic carbocycles. The summed E-state index contributed by atoms with van der Waals surface area (Å²) in [4.78, 5) is 2.52. The second kappa shape index (κ2) is 12.6. The van der Waals surface area contributed by atoms with E-state index in [9.17, 15) is 0 Å². The molecule has 5 heteroatoms. The Hall–Kier alpha value is -6.76. The lowest BCUT2D eigenvalue weighted by atomic mass is 9.97. The van der Waals surface area contributed by atoms with Gasteiger partial charge in [-0.1, -0.05) is 146 Å². The molecule has 57 heavy (non-hydrogen) atoms. The van der Waals surface area contributed by atoms with Crippen molar-refractivity contribution in [2.45, 2.75) is 18.6 Å². The monoisotopic (exact) mass is 733 g/mol. The van der Waals surface area contributed by atoms with E-state index in [0.717, 1.165) is 0 Å². The summed E-state index contributed by atoms with van der Waals surface area (Å²) < 4.78 is 4.94. The molecule has 12 rings (SSSR count). The van der Waals surface area contributed by atoms with Crippen LogP contribution in [0.4, 0.5) is 0 Å². The number of benzene rings is 8. The lowest BCUT2D eigenvalue weighted by molar-refractivity contribution is 0.0971. The largest absolute Gasteiger partial charge is 0.310 e. The van der Waals surface area contributed by atoms with Gasteiger partial charge in [-0.05, 0) is 95.0 Å². The third kappa shape index (κ3) is 4.93. The number of hydrogen-bond acceptors (Lipinski definition) is 3. The van der Waals surface area contributed by atoms with Gasteiger partial charge in [0.1, 0.15) is 12.3 Å². The summed E-state index contributed by atoms with van der Waals surface area (Å²) in [6.07, 6.45) is 0.318. The number of para-hydroxylation sites is 3. The molecule has 0 spiro atoms. The fourth-order valence-corrected chi connectivity index (χ4v) is 9.76. The smallest absolute Gasteiger partial charge is 0.160 e. The predicted octanol–water partition coefficient (Wildman–Crippen LogP) is 12.6. The Morgan fingerprint density at radius 2 is 0.825 bits per heavy atom. The Kier molecular flexibility index (Phi) is 7.20. The van der Waals surface area contributed by atoms with Gasteiger partial charge in [-0.25, -0.2) is 0 Å². The average Bonchev–Trinajstić information content (AvgIpc) is 3.61. The quantitative estimate of drug-likeness (QED) is 0.159. The van der Waals surface area contributed by atoms with Crippen molar-refractivity contribution in [3.05, 3.63) is 211 Å². The van der Waals surface area contributed by atoms with E-state index in [1.807, 2.05) is 0 Å². The van der Waals surface area contributed by atoms with Crippen LogP contribution in [0.15, 0.2) is 200 Å². The van der Waals surface area contributed by atoms with E-state index in [1.54, 1.807) is 0 Å². The summed E-state index contributed by atoms with van der Waals surface area (Å²) in [6, 6.07) is 73.2. The number of fused-ring (bicyclic) bond motifs is 7. The van der Waals surface area contributed by atoms with Crippen molar-refractivity contribution in [1.82, 2.24) is 24.1 Å². The van der Waals surface area contributed by atoms with E-state index in [-0.39, 0.29) is 18.6 Å². The molecule has 4 heterocycles. The molecule has 2 aromatic heterocycles. The molecule has 5 atom stereocenters. The van der Waals surface area contributed by atoms with E-state index >= 15 is 0 Å². The fraction of sp³-hybridized carbons (Fsp3) is 0.0769. The van der Waals surface area contributed by atoms with Crippen LogP contribution >= 0.6 is 0 Å². The summed E-state index contributed by atoms with van der Waals surface area (Å²) in [5.74, 6) is 0. The van der Waals surface area contributed by atoms with Crippen molar-refractivity contribution < 1.29 is 0 Å². The molecule has 0 radical (unpaired) electrons. The number of aromatic nitrogens is 2. The minimum atomic E-state index is -0.000236. The van der Waals surface area contributed by atoms with Gasteiger partial charge >= 0.3 is 0 Å². The van der Waals surface area contributed by atoms with Crippen molar-refractivity contribution in [2.24, 2.45) is 0 Å². The van der Waals surface area contributed by atoms with Gasteiger partial charge in [-0.2, -0.15) is 10.0 Å². The van der Waals surface area contributed by atoms with Crippen LogP contribution in [0.1, 0.15) is 29.7 Å². The summed E-state index contributed by atoms with van der Waals surface area (Å²) >= 11 is 0. The lowest BCUT2D eigenvalue weighted by Crippen LogP contribution is -2.33. The first kappa shape index (κ1) is 32.5. The molecule has 2 aliphatic heterocycles. The van der Waals surface area contributed by atoms with Crippen LogP contribution in [-0.4, -0.2) is 31.1 Å². The SMILES string of the molecule is CN1C(c2ccccc2)N2C(c3ccccc3)N2C1n1c2ccccc2c2cc(-c3cccc(-c4ccc5c(c4)c4ccccc4n5-c4ccccc4)c3)ccc21. The maximum atomic E-state index is 2.56. The van der Waals surface area contributed by atoms with Crippen LogP contribution in [-0.2, 0) is 0 Å². The van der Waals surface area contributed by atoms with Gasteiger partial charge in [0.15, 0.2) is 6.29 Å². The second-order valence-electron chi connectivity index (χ2n) is 15.5. The van der Waals surface area contributed by atoms with Crippen molar-refractivity contribution in [3.8, 4) is 27.9 Å². The van der Waals surface area contributed by atoms with Gasteiger partial charge in [0, 0.05) is 27.2 Å². The molecule has 272 valence electrons. The molecule has 0 N–H and O–H groups in total. The second-order valence-corrected chi connectivity index (χ2v) is 15.5. The molecule has 5 nitrogen and oxygen atoms in total. The summed E-state index contributed by atoms with van der Waals surface area (Å²) in [6.45, 7) is 0. The van der Waals surface area contributed by atoms with Gasteiger partial charge in [0.2, 0.25) is 0 Å². The van der Waals surface area contributed by atoms with Crippen molar-refractivity contribution >= 4 is 43.6 Å². The third-order valence-corrected chi connectivity index (χ3v) is 12.3. The molecule has 5 unspecified atom stereocenters. The van der Waals surface area contributed by atoms with E-state index in [1.165, 1.54) is 82.7 Å². The van der Waals surface area contributed by atoms with Crippen molar-refractivity contribution in [3.63, 3.8) is 0 Å². The van der Waals surface area contributed by atoms with Crippen LogP contribution in [0, 0.1) is 0 Å². The highest BCUT2D eigenvalue weighted by atomic mass is 16.0. The zero-order valence-corrected chi connectivity index (χ0v) is 31.5. The molecule has 2 fully saturated rings. The highest BCUT2D eigenvalue weighted by Gasteiger charge is 2.63. The number of hydrogen-bond donors (Lipinski definition) is 0. The first-order valence-electron chi connectivity index (χ1n) is 19.8. The van der Waals surface area contributed by atoms with Gasteiger partial charge in [0.05, 0.1) is 22.1 Å². The third-order valence-electron chi connectivity index (χ3n) is 12.3. The highest BCUT2D eigenvalue weighted by Crippen LogP contribution is 2.60. The van der Waals surface area contributed by atoms with E-state index in [0.29, 0.717) is 0 Å². The van der Waals surface area contributed by atoms with E-state index in [2.05, 4.69) is 231 Å². The normalized spacial score (nSPS) is 20.5. The molecule has 2 aliphatic rings. The lowest BCUT2D eigenvalue weighted by Gasteiger charge is -2.31. The van der Waals surface area contributed by atoms with Crippen LogP contribution in [0.5, 0.6) is 0 Å². The molecule has 10 aromatic rings. The standard InChI is InChI=1S/C52H39N5/c1-53-50(35-16-5-2-6-17-35)56-51(36-18-7-3-8-19-36)57(56)52(53)55-47-27-14-12-25-43(47)45-34-40(29-31-49(45)55)38-21-15-20-37(32-38)39-28-30-48-44(33-39)42-24-11-13-26-46(42)54(48)41-22-9-4-10-23-41/h2-34,50-52H,1H3. The average molecular weight is 734 g/mol. The molecule has 0 saturated carbocycles. The molecular weight excluding hydrogens is 695 g/mol. The molecule has 2 saturated heterocycles. The summed E-state index contributed by atoms with van der Waals surface area (Å²) in [5, 5.41) is 10.2. The zero-order chi connectivity index (χ0) is 37.6. The first-order valence-corrected chi connectivity index (χ1v) is 19.8.